The highest BCUT2D eigenvalue weighted by atomic mass is 127. The van der Waals surface area contributed by atoms with Gasteiger partial charge in [-0.3, -0.25) is 0 Å². The molecule has 1 nitrogen and oxygen atoms in total. The summed E-state index contributed by atoms with van der Waals surface area (Å²) < 4.78 is 2.03. The molecule has 1 aromatic carbocycles. The first-order valence-electron chi connectivity index (χ1n) is 5.25. The van der Waals surface area contributed by atoms with Gasteiger partial charge in [-0.25, -0.2) is 4.57 Å². The largest absolute Gasteiger partial charge is 1.00 e. The third-order valence-electron chi connectivity index (χ3n) is 2.52. The Bertz CT molecular complexity index is 547. The SMILES string of the molecule is C[n+]1ccccc1C=Cc1c(Cl)cccc1Cl.[I-]. The summed E-state index contributed by atoms with van der Waals surface area (Å²) in [4.78, 5) is 0. The monoisotopic (exact) mass is 391 g/mol. The lowest BCUT2D eigenvalue weighted by atomic mass is 10.2. The van der Waals surface area contributed by atoms with Gasteiger partial charge in [-0.15, -0.1) is 0 Å². The van der Waals surface area contributed by atoms with E-state index in [4.69, 9.17) is 23.2 Å². The van der Waals surface area contributed by atoms with E-state index < -0.39 is 0 Å². The van der Waals surface area contributed by atoms with Crippen LogP contribution in [0.4, 0.5) is 0 Å². The second-order valence-corrected chi connectivity index (χ2v) is 4.52. The van der Waals surface area contributed by atoms with E-state index in [9.17, 15) is 0 Å². The van der Waals surface area contributed by atoms with Gasteiger partial charge in [0.25, 0.3) is 0 Å². The zero-order chi connectivity index (χ0) is 12.3. The maximum Gasteiger partial charge on any atom is 0.204 e. The molecule has 1 aromatic heterocycles. The van der Waals surface area contributed by atoms with E-state index in [1.165, 1.54) is 0 Å². The molecule has 0 aliphatic carbocycles. The molecule has 0 N–H and O–H groups in total. The van der Waals surface area contributed by atoms with Gasteiger partial charge in [0.15, 0.2) is 6.20 Å². The molecule has 0 aliphatic heterocycles. The van der Waals surface area contributed by atoms with Crippen LogP contribution in [-0.4, -0.2) is 0 Å². The van der Waals surface area contributed by atoms with Gasteiger partial charge in [-0.05, 0) is 24.3 Å². The fraction of sp³-hybridized carbons (Fsp3) is 0.0714. The van der Waals surface area contributed by atoms with Crippen LogP contribution in [0.5, 0.6) is 0 Å². The summed E-state index contributed by atoms with van der Waals surface area (Å²) in [6.45, 7) is 0. The van der Waals surface area contributed by atoms with Crippen molar-refractivity contribution in [1.82, 2.24) is 0 Å². The molecule has 0 radical (unpaired) electrons. The summed E-state index contributed by atoms with van der Waals surface area (Å²) in [7, 11) is 1.99. The first-order valence-corrected chi connectivity index (χ1v) is 6.01. The standard InChI is InChI=1S/C14H12Cl2N.HI/c1-17-10-3-2-5-11(17)8-9-12-13(15)6-4-7-14(12)16;/h2-10H,1H3;1H/q+1;/p-1. The van der Waals surface area contributed by atoms with Crippen LogP contribution in [0, 0.1) is 0 Å². The number of halogens is 3. The molecule has 4 heteroatoms. The lowest BCUT2D eigenvalue weighted by molar-refractivity contribution is -0.673. The van der Waals surface area contributed by atoms with Gasteiger partial charge in [-0.1, -0.05) is 29.3 Å². The second kappa shape index (κ2) is 7.12. The average Bonchev–Trinajstić information content (AvgIpc) is 2.30. The summed E-state index contributed by atoms with van der Waals surface area (Å²) in [6.07, 6.45) is 5.92. The van der Waals surface area contributed by atoms with Gasteiger partial charge in [0.2, 0.25) is 5.69 Å². The van der Waals surface area contributed by atoms with Crippen LogP contribution in [0.15, 0.2) is 42.6 Å². The molecule has 1 heterocycles. The number of benzene rings is 1. The fourth-order valence-electron chi connectivity index (χ4n) is 1.55. The third kappa shape index (κ3) is 3.70. The molecule has 0 spiro atoms. The van der Waals surface area contributed by atoms with Gasteiger partial charge in [0.05, 0.1) is 0 Å². The predicted octanol–water partition coefficient (Wildman–Crippen LogP) is 0.992. The van der Waals surface area contributed by atoms with Gasteiger partial charge < -0.3 is 24.0 Å². The minimum absolute atomic E-state index is 0. The van der Waals surface area contributed by atoms with E-state index in [0.717, 1.165) is 11.3 Å². The molecular formula is C14H12Cl2IN. The Balaban J connectivity index is 0.00000162. The van der Waals surface area contributed by atoms with E-state index in [1.807, 2.05) is 66.4 Å². The molecule has 0 aliphatic rings. The number of aryl methyl sites for hydroxylation is 1. The maximum atomic E-state index is 6.09. The number of hydrogen-bond donors (Lipinski definition) is 0. The fourth-order valence-corrected chi connectivity index (χ4v) is 2.07. The van der Waals surface area contributed by atoms with Crippen molar-refractivity contribution in [3.05, 3.63) is 63.9 Å². The molecule has 0 saturated carbocycles. The summed E-state index contributed by atoms with van der Waals surface area (Å²) in [6, 6.07) is 11.5. The Morgan fingerprint density at radius 2 is 1.61 bits per heavy atom. The first-order chi connectivity index (χ1) is 8.18. The molecule has 0 fully saturated rings. The molecule has 2 rings (SSSR count). The van der Waals surface area contributed by atoms with Crippen molar-refractivity contribution in [2.24, 2.45) is 7.05 Å². The Morgan fingerprint density at radius 1 is 0.944 bits per heavy atom. The van der Waals surface area contributed by atoms with Crippen LogP contribution in [0.1, 0.15) is 11.3 Å². The summed E-state index contributed by atoms with van der Waals surface area (Å²) >= 11 is 12.2. The minimum atomic E-state index is 0. The van der Waals surface area contributed by atoms with Crippen LogP contribution < -0.4 is 28.5 Å². The van der Waals surface area contributed by atoms with E-state index in [2.05, 4.69) is 0 Å². The molecule has 18 heavy (non-hydrogen) atoms. The summed E-state index contributed by atoms with van der Waals surface area (Å²) in [5, 5.41) is 1.32. The zero-order valence-corrected chi connectivity index (χ0v) is 13.4. The minimum Gasteiger partial charge on any atom is -1.00 e. The third-order valence-corrected chi connectivity index (χ3v) is 3.17. The van der Waals surface area contributed by atoms with Crippen molar-refractivity contribution in [2.75, 3.05) is 0 Å². The van der Waals surface area contributed by atoms with Gasteiger partial charge in [0.1, 0.15) is 7.05 Å². The van der Waals surface area contributed by atoms with Crippen molar-refractivity contribution >= 4 is 35.4 Å². The molecule has 2 aromatic rings. The topological polar surface area (TPSA) is 3.88 Å². The number of aromatic nitrogens is 1. The molecule has 0 unspecified atom stereocenters. The summed E-state index contributed by atoms with van der Waals surface area (Å²) in [5.74, 6) is 0. The number of nitrogens with zero attached hydrogens (tertiary/aromatic N) is 1. The van der Waals surface area contributed by atoms with Gasteiger partial charge in [0, 0.05) is 33.8 Å². The molecule has 0 atom stereocenters. The van der Waals surface area contributed by atoms with Crippen LogP contribution in [0.2, 0.25) is 10.0 Å². The summed E-state index contributed by atoms with van der Waals surface area (Å²) in [5.41, 5.74) is 1.93. The molecule has 0 amide bonds. The van der Waals surface area contributed by atoms with E-state index in [-0.39, 0.29) is 24.0 Å². The molecular weight excluding hydrogens is 380 g/mol. The zero-order valence-electron chi connectivity index (χ0n) is 9.78. The maximum absolute atomic E-state index is 6.09. The van der Waals surface area contributed by atoms with E-state index in [1.54, 1.807) is 0 Å². The van der Waals surface area contributed by atoms with Crippen molar-refractivity contribution in [2.45, 2.75) is 0 Å². The van der Waals surface area contributed by atoms with Crippen molar-refractivity contribution in [3.63, 3.8) is 0 Å². The quantitative estimate of drug-likeness (QED) is 0.531. The average molecular weight is 392 g/mol. The van der Waals surface area contributed by atoms with Crippen LogP contribution in [0.3, 0.4) is 0 Å². The van der Waals surface area contributed by atoms with Crippen LogP contribution in [-0.2, 0) is 7.05 Å². The Labute approximate surface area is 134 Å². The number of pyridine rings is 1. The van der Waals surface area contributed by atoms with Crippen LogP contribution in [0.25, 0.3) is 12.2 Å². The normalized spacial score (nSPS) is 10.4. The van der Waals surface area contributed by atoms with E-state index >= 15 is 0 Å². The van der Waals surface area contributed by atoms with Gasteiger partial charge in [-0.2, -0.15) is 0 Å². The number of rotatable bonds is 2. The smallest absolute Gasteiger partial charge is 0.204 e. The lowest BCUT2D eigenvalue weighted by Crippen LogP contribution is -3.00. The molecule has 94 valence electrons. The van der Waals surface area contributed by atoms with E-state index in [0.29, 0.717) is 10.0 Å². The Kier molecular flexibility index (Phi) is 6.12. The van der Waals surface area contributed by atoms with Crippen LogP contribution >= 0.6 is 23.2 Å². The first kappa shape index (κ1) is 15.5. The Hall–Kier alpha value is -0.580. The second-order valence-electron chi connectivity index (χ2n) is 3.71. The highest BCUT2D eigenvalue weighted by Crippen LogP contribution is 2.25. The lowest BCUT2D eigenvalue weighted by Gasteiger charge is -2.00. The van der Waals surface area contributed by atoms with Gasteiger partial charge >= 0.3 is 0 Å². The van der Waals surface area contributed by atoms with Crippen molar-refractivity contribution < 1.29 is 28.5 Å². The number of hydrogen-bond acceptors (Lipinski definition) is 0. The highest BCUT2D eigenvalue weighted by molar-refractivity contribution is 6.37. The van der Waals surface area contributed by atoms with Crippen molar-refractivity contribution in [1.29, 1.82) is 0 Å². The predicted molar refractivity (Wildman–Crippen MR) is 73.0 cm³/mol. The molecule has 0 bridgehead atoms. The highest BCUT2D eigenvalue weighted by Gasteiger charge is 2.03. The molecule has 0 saturated heterocycles. The van der Waals surface area contributed by atoms with Crippen molar-refractivity contribution in [3.8, 4) is 0 Å². The Morgan fingerprint density at radius 3 is 2.22 bits per heavy atom.